The number of carboxylic acid groups (broad SMARTS) is 1. The zero-order valence-electron chi connectivity index (χ0n) is 11.8. The van der Waals surface area contributed by atoms with Crippen LogP contribution in [0.3, 0.4) is 0 Å². The number of nitrogens with zero attached hydrogens (tertiary/aromatic N) is 2. The molecule has 1 saturated heterocycles. The van der Waals surface area contributed by atoms with Crippen LogP contribution in [0.25, 0.3) is 0 Å². The molecule has 3 rings (SSSR count). The lowest BCUT2D eigenvalue weighted by molar-refractivity contribution is -0.145. The molecule has 1 saturated carbocycles. The molecule has 0 bridgehead atoms. The quantitative estimate of drug-likeness (QED) is 0.777. The van der Waals surface area contributed by atoms with Crippen LogP contribution in [0.2, 0.25) is 0 Å². The second-order valence-corrected chi connectivity index (χ2v) is 5.87. The maximum atomic E-state index is 12.5. The number of urea groups is 1. The molecule has 2 fully saturated rings. The number of hydrogen-bond acceptors (Lipinski definition) is 3. The van der Waals surface area contributed by atoms with E-state index in [1.807, 2.05) is 0 Å². The van der Waals surface area contributed by atoms with E-state index in [0.717, 1.165) is 25.7 Å². The lowest BCUT2D eigenvalue weighted by atomic mass is 9.76. The molecule has 0 spiro atoms. The fourth-order valence-corrected chi connectivity index (χ4v) is 3.68. The van der Waals surface area contributed by atoms with Crippen LogP contribution in [0.15, 0.2) is 12.4 Å². The van der Waals surface area contributed by atoms with Gasteiger partial charge in [0.2, 0.25) is 0 Å². The molecule has 2 heterocycles. The SMILES string of the molecule is O=C(O)C1CCC2CCCCC2N1C(=O)Nc1cn[nH]c1. The second-order valence-electron chi connectivity index (χ2n) is 5.87. The van der Waals surface area contributed by atoms with Crippen molar-refractivity contribution in [2.24, 2.45) is 5.92 Å². The van der Waals surface area contributed by atoms with Gasteiger partial charge in [-0.25, -0.2) is 9.59 Å². The Balaban J connectivity index is 1.81. The van der Waals surface area contributed by atoms with Gasteiger partial charge in [0.15, 0.2) is 0 Å². The highest BCUT2D eigenvalue weighted by molar-refractivity contribution is 5.92. The summed E-state index contributed by atoms with van der Waals surface area (Å²) in [6.07, 6.45) is 8.75. The molecule has 0 radical (unpaired) electrons. The molecular weight excluding hydrogens is 272 g/mol. The number of carbonyl (C=O) groups excluding carboxylic acids is 1. The molecule has 7 heteroatoms. The number of carboxylic acids is 1. The van der Waals surface area contributed by atoms with E-state index in [4.69, 9.17) is 0 Å². The number of fused-ring (bicyclic) bond motifs is 1. The Bertz CT molecular complexity index is 516. The monoisotopic (exact) mass is 292 g/mol. The van der Waals surface area contributed by atoms with Gasteiger partial charge >= 0.3 is 12.0 Å². The Morgan fingerprint density at radius 2 is 2.10 bits per heavy atom. The van der Waals surface area contributed by atoms with Gasteiger partial charge in [-0.05, 0) is 31.6 Å². The molecular formula is C14H20N4O3. The van der Waals surface area contributed by atoms with Crippen LogP contribution < -0.4 is 5.32 Å². The Kier molecular flexibility index (Phi) is 3.81. The van der Waals surface area contributed by atoms with Crippen LogP contribution in [0.1, 0.15) is 38.5 Å². The van der Waals surface area contributed by atoms with E-state index in [0.29, 0.717) is 18.0 Å². The van der Waals surface area contributed by atoms with Gasteiger partial charge in [0, 0.05) is 12.2 Å². The first kappa shape index (κ1) is 13.9. The third kappa shape index (κ3) is 2.72. The number of rotatable bonds is 2. The predicted molar refractivity (Wildman–Crippen MR) is 75.8 cm³/mol. The summed E-state index contributed by atoms with van der Waals surface area (Å²) in [5.74, 6) is -0.481. The number of aromatic nitrogens is 2. The summed E-state index contributed by atoms with van der Waals surface area (Å²) < 4.78 is 0. The summed E-state index contributed by atoms with van der Waals surface area (Å²) in [7, 11) is 0. The lowest BCUT2D eigenvalue weighted by Crippen LogP contribution is -2.58. The third-order valence-corrected chi connectivity index (χ3v) is 4.64. The standard InChI is InChI=1S/C14H20N4O3/c19-13(20)12-6-5-9-3-1-2-4-11(9)18(12)14(21)17-10-7-15-16-8-10/h7-9,11-12H,1-6H2,(H,15,16)(H,17,21)(H,19,20). The molecule has 114 valence electrons. The number of hydrogen-bond donors (Lipinski definition) is 3. The van der Waals surface area contributed by atoms with Crippen LogP contribution in [0.4, 0.5) is 10.5 Å². The lowest BCUT2D eigenvalue weighted by Gasteiger charge is -2.46. The molecule has 3 atom stereocenters. The predicted octanol–water partition coefficient (Wildman–Crippen LogP) is 2.05. The van der Waals surface area contributed by atoms with E-state index in [1.165, 1.54) is 12.6 Å². The number of amides is 2. The molecule has 2 amide bonds. The largest absolute Gasteiger partial charge is 0.480 e. The number of carbonyl (C=O) groups is 2. The number of anilines is 1. The highest BCUT2D eigenvalue weighted by Gasteiger charge is 2.43. The summed E-state index contributed by atoms with van der Waals surface area (Å²) in [5, 5.41) is 18.6. The van der Waals surface area contributed by atoms with Crippen molar-refractivity contribution in [3.05, 3.63) is 12.4 Å². The molecule has 1 aliphatic carbocycles. The molecule has 3 unspecified atom stereocenters. The summed E-state index contributed by atoms with van der Waals surface area (Å²) in [5.41, 5.74) is 0.557. The van der Waals surface area contributed by atoms with Gasteiger partial charge in [-0.15, -0.1) is 0 Å². The summed E-state index contributed by atoms with van der Waals surface area (Å²) in [6, 6.07) is -1.02. The Morgan fingerprint density at radius 3 is 2.81 bits per heavy atom. The van der Waals surface area contributed by atoms with Gasteiger partial charge in [-0.1, -0.05) is 12.8 Å². The van der Waals surface area contributed by atoms with Gasteiger partial charge in [0.1, 0.15) is 6.04 Å². The van der Waals surface area contributed by atoms with Crippen LogP contribution in [0.5, 0.6) is 0 Å². The van der Waals surface area contributed by atoms with Crippen molar-refractivity contribution in [2.75, 3.05) is 5.32 Å². The summed E-state index contributed by atoms with van der Waals surface area (Å²) in [4.78, 5) is 25.6. The minimum absolute atomic E-state index is 0.0421. The molecule has 2 aliphatic rings. The topological polar surface area (TPSA) is 98.3 Å². The zero-order chi connectivity index (χ0) is 14.8. The van der Waals surface area contributed by atoms with Gasteiger partial charge in [-0.2, -0.15) is 5.10 Å². The Labute approximate surface area is 122 Å². The number of piperidine rings is 1. The molecule has 0 aromatic carbocycles. The van der Waals surface area contributed by atoms with Gasteiger partial charge in [-0.3, -0.25) is 5.10 Å². The van der Waals surface area contributed by atoms with Crippen LogP contribution in [0, 0.1) is 5.92 Å². The number of H-pyrrole nitrogens is 1. The van der Waals surface area contributed by atoms with Crippen molar-refractivity contribution in [2.45, 2.75) is 50.6 Å². The first-order valence-corrected chi connectivity index (χ1v) is 7.47. The molecule has 21 heavy (non-hydrogen) atoms. The number of aromatic amines is 1. The van der Waals surface area contributed by atoms with Crippen molar-refractivity contribution in [3.8, 4) is 0 Å². The van der Waals surface area contributed by atoms with E-state index in [9.17, 15) is 14.7 Å². The van der Waals surface area contributed by atoms with Crippen molar-refractivity contribution >= 4 is 17.7 Å². The average molecular weight is 292 g/mol. The van der Waals surface area contributed by atoms with Gasteiger partial charge in [0.25, 0.3) is 0 Å². The number of likely N-dealkylation sites (tertiary alicyclic amines) is 1. The zero-order valence-corrected chi connectivity index (χ0v) is 11.8. The van der Waals surface area contributed by atoms with Gasteiger partial charge < -0.3 is 15.3 Å². The smallest absolute Gasteiger partial charge is 0.326 e. The molecule has 1 aliphatic heterocycles. The van der Waals surface area contributed by atoms with Crippen molar-refractivity contribution in [1.82, 2.24) is 15.1 Å². The first-order valence-electron chi connectivity index (χ1n) is 7.47. The first-order chi connectivity index (χ1) is 10.2. The molecule has 1 aromatic heterocycles. The van der Waals surface area contributed by atoms with Crippen molar-refractivity contribution in [3.63, 3.8) is 0 Å². The number of aliphatic carboxylic acids is 1. The van der Waals surface area contributed by atoms with Crippen LogP contribution in [-0.4, -0.2) is 44.3 Å². The van der Waals surface area contributed by atoms with Crippen LogP contribution in [-0.2, 0) is 4.79 Å². The highest BCUT2D eigenvalue weighted by Crippen LogP contribution is 2.38. The maximum absolute atomic E-state index is 12.5. The fourth-order valence-electron chi connectivity index (χ4n) is 3.68. The second kappa shape index (κ2) is 5.75. The minimum Gasteiger partial charge on any atom is -0.480 e. The molecule has 7 nitrogen and oxygen atoms in total. The van der Waals surface area contributed by atoms with Crippen molar-refractivity contribution in [1.29, 1.82) is 0 Å². The average Bonchev–Trinajstić information content (AvgIpc) is 2.98. The maximum Gasteiger partial charge on any atom is 0.326 e. The Morgan fingerprint density at radius 1 is 1.29 bits per heavy atom. The fraction of sp³-hybridized carbons (Fsp3) is 0.643. The van der Waals surface area contributed by atoms with E-state index in [1.54, 1.807) is 11.1 Å². The van der Waals surface area contributed by atoms with Gasteiger partial charge in [0.05, 0.1) is 11.9 Å². The highest BCUT2D eigenvalue weighted by atomic mass is 16.4. The van der Waals surface area contributed by atoms with E-state index >= 15 is 0 Å². The molecule has 3 N–H and O–H groups in total. The summed E-state index contributed by atoms with van der Waals surface area (Å²) in [6.45, 7) is 0. The molecule has 1 aromatic rings. The normalized spacial score (nSPS) is 28.8. The minimum atomic E-state index is -0.915. The van der Waals surface area contributed by atoms with E-state index < -0.39 is 12.0 Å². The van der Waals surface area contributed by atoms with Crippen molar-refractivity contribution < 1.29 is 14.7 Å². The van der Waals surface area contributed by atoms with E-state index in [-0.39, 0.29) is 12.1 Å². The van der Waals surface area contributed by atoms with E-state index in [2.05, 4.69) is 15.5 Å². The summed E-state index contributed by atoms with van der Waals surface area (Å²) >= 11 is 0. The Hall–Kier alpha value is -2.05. The third-order valence-electron chi connectivity index (χ3n) is 4.64. The number of nitrogens with one attached hydrogen (secondary N) is 2. The van der Waals surface area contributed by atoms with Crippen LogP contribution >= 0.6 is 0 Å².